The summed E-state index contributed by atoms with van der Waals surface area (Å²) >= 11 is 0. The molecule has 2 aliphatic rings. The Morgan fingerprint density at radius 2 is 2.15 bits per heavy atom. The molecule has 0 amide bonds. The molecule has 0 radical (unpaired) electrons. The molecular weight excluding hydrogens is 160 g/mol. The second-order valence-corrected chi connectivity index (χ2v) is 4.45. The van der Waals surface area contributed by atoms with Gasteiger partial charge in [0, 0.05) is 19.1 Å². The maximum Gasteiger partial charge on any atom is 0.0255 e. The van der Waals surface area contributed by atoms with Crippen LogP contribution in [0, 0.1) is 5.92 Å². The standard InChI is InChI=1S/C11H20N2/c1-3-6-13-8-5-10-4-7-12(2)9-11(10)13/h3,10-11H,1,4-9H2,2H3. The second kappa shape index (κ2) is 3.81. The third-order valence-corrected chi connectivity index (χ3v) is 3.54. The fraction of sp³-hybridized carbons (Fsp3) is 0.818. The first-order valence-corrected chi connectivity index (χ1v) is 5.34. The van der Waals surface area contributed by atoms with Gasteiger partial charge in [0.25, 0.3) is 0 Å². The average molecular weight is 180 g/mol. The maximum atomic E-state index is 3.83. The van der Waals surface area contributed by atoms with Gasteiger partial charge in [-0.05, 0) is 38.9 Å². The van der Waals surface area contributed by atoms with Crippen LogP contribution in [0.15, 0.2) is 12.7 Å². The smallest absolute Gasteiger partial charge is 0.0255 e. The highest BCUT2D eigenvalue weighted by Gasteiger charge is 2.36. The van der Waals surface area contributed by atoms with E-state index in [1.54, 1.807) is 0 Å². The molecule has 0 saturated carbocycles. The summed E-state index contributed by atoms with van der Waals surface area (Å²) in [7, 11) is 2.24. The molecule has 2 heterocycles. The summed E-state index contributed by atoms with van der Waals surface area (Å²) in [5, 5.41) is 0. The molecule has 0 spiro atoms. The van der Waals surface area contributed by atoms with Gasteiger partial charge in [0.15, 0.2) is 0 Å². The van der Waals surface area contributed by atoms with Crippen LogP contribution in [0.5, 0.6) is 0 Å². The van der Waals surface area contributed by atoms with E-state index in [9.17, 15) is 0 Å². The van der Waals surface area contributed by atoms with Crippen molar-refractivity contribution in [1.82, 2.24) is 9.80 Å². The Morgan fingerprint density at radius 3 is 2.92 bits per heavy atom. The number of likely N-dealkylation sites (tertiary alicyclic amines) is 2. The van der Waals surface area contributed by atoms with Crippen molar-refractivity contribution in [2.24, 2.45) is 5.92 Å². The molecule has 2 saturated heterocycles. The van der Waals surface area contributed by atoms with Crippen molar-refractivity contribution in [2.45, 2.75) is 18.9 Å². The Morgan fingerprint density at radius 1 is 1.38 bits per heavy atom. The summed E-state index contributed by atoms with van der Waals surface area (Å²) in [5.41, 5.74) is 0. The first kappa shape index (κ1) is 9.22. The fourth-order valence-electron chi connectivity index (χ4n) is 2.78. The lowest BCUT2D eigenvalue weighted by molar-refractivity contribution is 0.131. The van der Waals surface area contributed by atoms with Gasteiger partial charge in [0.2, 0.25) is 0 Å². The molecule has 74 valence electrons. The molecule has 0 aromatic rings. The van der Waals surface area contributed by atoms with Gasteiger partial charge in [0.05, 0.1) is 0 Å². The number of rotatable bonds is 2. The van der Waals surface area contributed by atoms with Gasteiger partial charge in [-0.3, -0.25) is 4.90 Å². The minimum absolute atomic E-state index is 0.816. The van der Waals surface area contributed by atoms with Gasteiger partial charge < -0.3 is 4.90 Å². The number of piperidine rings is 1. The molecule has 2 heteroatoms. The molecule has 0 aromatic heterocycles. The molecule has 0 bridgehead atoms. The first-order chi connectivity index (χ1) is 6.31. The number of likely N-dealkylation sites (N-methyl/N-ethyl adjacent to an activating group) is 1. The summed E-state index contributed by atoms with van der Waals surface area (Å²) in [5.74, 6) is 0.969. The van der Waals surface area contributed by atoms with E-state index in [0.29, 0.717) is 0 Å². The van der Waals surface area contributed by atoms with Gasteiger partial charge in [-0.15, -0.1) is 6.58 Å². The Bertz CT molecular complexity index is 191. The summed E-state index contributed by atoms with van der Waals surface area (Å²) in [6, 6.07) is 0.816. The molecule has 2 aliphatic heterocycles. The van der Waals surface area contributed by atoms with Gasteiger partial charge in [-0.2, -0.15) is 0 Å². The van der Waals surface area contributed by atoms with Crippen molar-refractivity contribution < 1.29 is 0 Å². The van der Waals surface area contributed by atoms with E-state index in [0.717, 1.165) is 18.5 Å². The maximum absolute atomic E-state index is 3.83. The third-order valence-electron chi connectivity index (χ3n) is 3.54. The lowest BCUT2D eigenvalue weighted by atomic mass is 9.92. The molecule has 2 fully saturated rings. The molecule has 13 heavy (non-hydrogen) atoms. The van der Waals surface area contributed by atoms with Gasteiger partial charge >= 0.3 is 0 Å². The number of nitrogens with zero attached hydrogens (tertiary/aromatic N) is 2. The van der Waals surface area contributed by atoms with Crippen LogP contribution in [-0.4, -0.2) is 49.1 Å². The summed E-state index contributed by atoms with van der Waals surface area (Å²) < 4.78 is 0. The van der Waals surface area contributed by atoms with Gasteiger partial charge in [0.1, 0.15) is 0 Å². The predicted molar refractivity (Wildman–Crippen MR) is 55.8 cm³/mol. The van der Waals surface area contributed by atoms with Crippen LogP contribution < -0.4 is 0 Å². The summed E-state index contributed by atoms with van der Waals surface area (Å²) in [4.78, 5) is 5.05. The Balaban J connectivity index is 1.98. The van der Waals surface area contributed by atoms with Crippen molar-refractivity contribution >= 4 is 0 Å². The molecule has 0 N–H and O–H groups in total. The predicted octanol–water partition coefficient (Wildman–Crippen LogP) is 1.20. The highest BCUT2D eigenvalue weighted by atomic mass is 15.2. The van der Waals surface area contributed by atoms with Crippen LogP contribution in [-0.2, 0) is 0 Å². The average Bonchev–Trinajstić information content (AvgIpc) is 2.49. The minimum Gasteiger partial charge on any atom is -0.305 e. The van der Waals surface area contributed by atoms with E-state index in [1.807, 2.05) is 6.08 Å². The van der Waals surface area contributed by atoms with Crippen LogP contribution in [0.1, 0.15) is 12.8 Å². The van der Waals surface area contributed by atoms with Crippen molar-refractivity contribution in [3.05, 3.63) is 12.7 Å². The van der Waals surface area contributed by atoms with E-state index >= 15 is 0 Å². The van der Waals surface area contributed by atoms with Crippen molar-refractivity contribution in [3.8, 4) is 0 Å². The van der Waals surface area contributed by atoms with Gasteiger partial charge in [-0.1, -0.05) is 6.08 Å². The topological polar surface area (TPSA) is 6.48 Å². The Labute approximate surface area is 81.2 Å². The number of hydrogen-bond donors (Lipinski definition) is 0. The lowest BCUT2D eigenvalue weighted by Gasteiger charge is -2.36. The molecular formula is C11H20N2. The van der Waals surface area contributed by atoms with Crippen LogP contribution in [0.2, 0.25) is 0 Å². The lowest BCUT2D eigenvalue weighted by Crippen LogP contribution is -2.46. The zero-order chi connectivity index (χ0) is 9.26. The van der Waals surface area contributed by atoms with E-state index in [4.69, 9.17) is 0 Å². The van der Waals surface area contributed by atoms with Crippen molar-refractivity contribution in [1.29, 1.82) is 0 Å². The van der Waals surface area contributed by atoms with E-state index in [-0.39, 0.29) is 0 Å². The van der Waals surface area contributed by atoms with Crippen LogP contribution in [0.4, 0.5) is 0 Å². The zero-order valence-electron chi connectivity index (χ0n) is 8.58. The molecule has 2 atom stereocenters. The number of hydrogen-bond acceptors (Lipinski definition) is 2. The Kier molecular flexibility index (Phi) is 2.70. The largest absolute Gasteiger partial charge is 0.305 e. The van der Waals surface area contributed by atoms with Crippen LogP contribution in [0.3, 0.4) is 0 Å². The molecule has 2 rings (SSSR count). The Hall–Kier alpha value is -0.340. The SMILES string of the molecule is C=CCN1CCC2CCN(C)CC21. The first-order valence-electron chi connectivity index (χ1n) is 5.34. The molecule has 0 aromatic carbocycles. The number of fused-ring (bicyclic) bond motifs is 1. The monoisotopic (exact) mass is 180 g/mol. The fourth-order valence-corrected chi connectivity index (χ4v) is 2.78. The van der Waals surface area contributed by atoms with Crippen molar-refractivity contribution in [2.75, 3.05) is 33.2 Å². The summed E-state index contributed by atoms with van der Waals surface area (Å²) in [6.45, 7) is 8.75. The van der Waals surface area contributed by atoms with Gasteiger partial charge in [-0.25, -0.2) is 0 Å². The minimum atomic E-state index is 0.816. The quantitative estimate of drug-likeness (QED) is 0.589. The van der Waals surface area contributed by atoms with E-state index in [2.05, 4.69) is 23.4 Å². The highest BCUT2D eigenvalue weighted by Crippen LogP contribution is 2.30. The molecule has 0 aliphatic carbocycles. The molecule has 2 nitrogen and oxygen atoms in total. The van der Waals surface area contributed by atoms with E-state index in [1.165, 1.54) is 32.5 Å². The normalized spacial score (nSPS) is 36.1. The van der Waals surface area contributed by atoms with Crippen LogP contribution >= 0.6 is 0 Å². The zero-order valence-corrected chi connectivity index (χ0v) is 8.58. The highest BCUT2D eigenvalue weighted by molar-refractivity contribution is 4.94. The van der Waals surface area contributed by atoms with Crippen molar-refractivity contribution in [3.63, 3.8) is 0 Å². The summed E-state index contributed by atoms with van der Waals surface area (Å²) in [6.07, 6.45) is 4.85. The molecule has 2 unspecified atom stereocenters. The van der Waals surface area contributed by atoms with E-state index < -0.39 is 0 Å². The van der Waals surface area contributed by atoms with Crippen LogP contribution in [0.25, 0.3) is 0 Å². The third kappa shape index (κ3) is 1.79. The second-order valence-electron chi connectivity index (χ2n) is 4.45.